The van der Waals surface area contributed by atoms with E-state index >= 15 is 0 Å². The van der Waals surface area contributed by atoms with Crippen LogP contribution in [0.5, 0.6) is 0 Å². The van der Waals surface area contributed by atoms with Crippen LogP contribution < -0.4 is 0 Å². The van der Waals surface area contributed by atoms with Gasteiger partial charge in [-0.2, -0.15) is 5.26 Å². The summed E-state index contributed by atoms with van der Waals surface area (Å²) in [7, 11) is 1.67. The maximum atomic E-state index is 12.6. The summed E-state index contributed by atoms with van der Waals surface area (Å²) >= 11 is 1.63. The van der Waals surface area contributed by atoms with Gasteiger partial charge in [-0.15, -0.1) is 11.3 Å². The molecule has 0 aliphatic carbocycles. The number of piperidine rings is 1. The van der Waals surface area contributed by atoms with Gasteiger partial charge in [-0.05, 0) is 24.3 Å². The molecular weight excluding hydrogens is 344 g/mol. The van der Waals surface area contributed by atoms with Gasteiger partial charge in [0.15, 0.2) is 0 Å². The standard InChI is InChI=1S/C20H18N4OS/c1-11-19(25)24(3)18(22)8-20(11,2)17-7-14-13-6-12(9-21)4-5-15(13)23-10-16(14)26-17/h4-7,10-11,22H,8H2,1-3H3/t11-,20-/m0/s1. The van der Waals surface area contributed by atoms with Gasteiger partial charge in [-0.3, -0.25) is 15.2 Å². The van der Waals surface area contributed by atoms with Gasteiger partial charge in [-0.1, -0.05) is 13.8 Å². The molecule has 2 aromatic heterocycles. The number of fused-ring (bicyclic) bond motifs is 3. The summed E-state index contributed by atoms with van der Waals surface area (Å²) in [4.78, 5) is 19.6. The lowest BCUT2D eigenvalue weighted by atomic mass is 9.70. The van der Waals surface area contributed by atoms with Gasteiger partial charge in [0.1, 0.15) is 5.84 Å². The predicted octanol–water partition coefficient (Wildman–Crippen LogP) is 4.05. The average Bonchev–Trinajstić information content (AvgIpc) is 3.10. The number of nitrogens with zero attached hydrogens (tertiary/aromatic N) is 3. The van der Waals surface area contributed by atoms with E-state index in [2.05, 4.69) is 24.0 Å². The molecule has 2 atom stereocenters. The predicted molar refractivity (Wildman–Crippen MR) is 103 cm³/mol. The molecule has 5 nitrogen and oxygen atoms in total. The number of hydrogen-bond acceptors (Lipinski definition) is 5. The molecule has 4 rings (SSSR count). The van der Waals surface area contributed by atoms with Crippen LogP contribution >= 0.6 is 11.3 Å². The van der Waals surface area contributed by atoms with Crippen LogP contribution in [0.3, 0.4) is 0 Å². The fraction of sp³-hybridized carbons (Fsp3) is 0.300. The van der Waals surface area contributed by atoms with Crippen molar-refractivity contribution in [3.8, 4) is 6.07 Å². The molecule has 0 unspecified atom stereocenters. The first kappa shape index (κ1) is 16.7. The number of pyridine rings is 1. The molecule has 0 bridgehead atoms. The first-order valence-corrected chi connectivity index (χ1v) is 9.24. The summed E-state index contributed by atoms with van der Waals surface area (Å²) in [6, 6.07) is 9.81. The number of carbonyl (C=O) groups excluding carboxylic acids is 1. The molecule has 130 valence electrons. The topological polar surface area (TPSA) is 80.8 Å². The van der Waals surface area contributed by atoms with Crippen LogP contribution in [0.25, 0.3) is 21.0 Å². The third-order valence-corrected chi connectivity index (χ3v) is 7.01. The third kappa shape index (κ3) is 2.24. The van der Waals surface area contributed by atoms with Gasteiger partial charge < -0.3 is 4.90 Å². The quantitative estimate of drug-likeness (QED) is 0.709. The fourth-order valence-corrected chi connectivity index (χ4v) is 4.95. The van der Waals surface area contributed by atoms with E-state index in [9.17, 15) is 10.1 Å². The normalized spacial score (nSPS) is 23.6. The van der Waals surface area contributed by atoms with E-state index in [1.807, 2.05) is 25.3 Å². The Bertz CT molecular complexity index is 1130. The molecular formula is C20H18N4OS. The number of aromatic nitrogens is 1. The Morgan fingerprint density at radius 2 is 2.15 bits per heavy atom. The minimum absolute atomic E-state index is 0.0176. The van der Waals surface area contributed by atoms with Crippen LogP contribution in [-0.4, -0.2) is 28.7 Å². The van der Waals surface area contributed by atoms with Crippen LogP contribution in [-0.2, 0) is 10.2 Å². The molecule has 1 aliphatic rings. The van der Waals surface area contributed by atoms with Crippen molar-refractivity contribution < 1.29 is 4.79 Å². The zero-order valence-electron chi connectivity index (χ0n) is 14.8. The summed E-state index contributed by atoms with van der Waals surface area (Å²) in [6.45, 7) is 4.01. The smallest absolute Gasteiger partial charge is 0.231 e. The molecule has 3 aromatic rings. The number of hydrogen-bond donors (Lipinski definition) is 1. The van der Waals surface area contributed by atoms with Crippen molar-refractivity contribution in [3.63, 3.8) is 0 Å². The van der Waals surface area contributed by atoms with E-state index in [0.29, 0.717) is 17.8 Å². The van der Waals surface area contributed by atoms with E-state index < -0.39 is 5.41 Å². The number of amidine groups is 1. The van der Waals surface area contributed by atoms with Crippen molar-refractivity contribution in [2.75, 3.05) is 7.05 Å². The van der Waals surface area contributed by atoms with Crippen LogP contribution in [0, 0.1) is 22.7 Å². The number of carbonyl (C=O) groups is 1. The van der Waals surface area contributed by atoms with Crippen molar-refractivity contribution in [2.24, 2.45) is 5.92 Å². The fourth-order valence-electron chi connectivity index (χ4n) is 3.67. The summed E-state index contributed by atoms with van der Waals surface area (Å²) in [5.74, 6) is 0.127. The molecule has 26 heavy (non-hydrogen) atoms. The van der Waals surface area contributed by atoms with Crippen molar-refractivity contribution in [3.05, 3.63) is 40.9 Å². The second kappa shape index (κ2) is 5.61. The van der Waals surface area contributed by atoms with Crippen LogP contribution in [0.15, 0.2) is 30.5 Å². The van der Waals surface area contributed by atoms with Gasteiger partial charge in [0.25, 0.3) is 0 Å². The molecule has 0 radical (unpaired) electrons. The number of benzene rings is 1. The van der Waals surface area contributed by atoms with E-state index in [1.165, 1.54) is 4.90 Å². The summed E-state index contributed by atoms with van der Waals surface area (Å²) in [5, 5.41) is 19.4. The molecule has 3 heterocycles. The summed E-state index contributed by atoms with van der Waals surface area (Å²) < 4.78 is 1.04. The van der Waals surface area contributed by atoms with Gasteiger partial charge >= 0.3 is 0 Å². The number of amides is 1. The lowest BCUT2D eigenvalue weighted by Crippen LogP contribution is -2.52. The molecule has 0 spiro atoms. The molecule has 1 aromatic carbocycles. The van der Waals surface area contributed by atoms with Gasteiger partial charge in [-0.25, -0.2) is 0 Å². The minimum atomic E-state index is -0.413. The maximum absolute atomic E-state index is 12.6. The number of nitrogens with one attached hydrogen (secondary N) is 1. The molecule has 1 aliphatic heterocycles. The highest BCUT2D eigenvalue weighted by Gasteiger charge is 2.45. The molecule has 0 saturated carbocycles. The zero-order valence-corrected chi connectivity index (χ0v) is 15.6. The van der Waals surface area contributed by atoms with Crippen molar-refractivity contribution in [1.82, 2.24) is 9.88 Å². The number of thiophene rings is 1. The van der Waals surface area contributed by atoms with E-state index in [4.69, 9.17) is 5.41 Å². The Morgan fingerprint density at radius 3 is 2.88 bits per heavy atom. The first-order valence-electron chi connectivity index (χ1n) is 8.43. The Labute approximate surface area is 155 Å². The van der Waals surface area contributed by atoms with Gasteiger partial charge in [0.05, 0.1) is 21.8 Å². The number of likely N-dealkylation sites (tertiary alicyclic amines) is 1. The van der Waals surface area contributed by atoms with Crippen LogP contribution in [0.4, 0.5) is 0 Å². The van der Waals surface area contributed by atoms with Crippen molar-refractivity contribution in [2.45, 2.75) is 25.7 Å². The van der Waals surface area contributed by atoms with Crippen LogP contribution in [0.1, 0.15) is 30.7 Å². The summed E-state index contributed by atoms with van der Waals surface area (Å²) in [5.41, 5.74) is 1.05. The van der Waals surface area contributed by atoms with E-state index in [0.717, 1.165) is 25.9 Å². The Hall–Kier alpha value is -2.78. The Kier molecular flexibility index (Phi) is 3.60. The minimum Gasteiger partial charge on any atom is -0.304 e. The highest BCUT2D eigenvalue weighted by atomic mass is 32.1. The molecule has 1 amide bonds. The van der Waals surface area contributed by atoms with Gasteiger partial charge in [0.2, 0.25) is 5.91 Å². The second-order valence-corrected chi connectivity index (χ2v) is 8.23. The highest BCUT2D eigenvalue weighted by Crippen LogP contribution is 2.45. The SMILES string of the molecule is C[C@H]1C(=O)N(C)C(=N)C[C@]1(C)c1cc2c(cnc3ccc(C#N)cc32)s1. The van der Waals surface area contributed by atoms with Gasteiger partial charge in [0, 0.05) is 46.6 Å². The number of nitriles is 1. The van der Waals surface area contributed by atoms with Crippen LogP contribution in [0.2, 0.25) is 0 Å². The largest absolute Gasteiger partial charge is 0.304 e. The number of rotatable bonds is 1. The lowest BCUT2D eigenvalue weighted by molar-refractivity contribution is -0.133. The average molecular weight is 362 g/mol. The molecule has 1 saturated heterocycles. The van der Waals surface area contributed by atoms with Crippen molar-refractivity contribution in [1.29, 1.82) is 10.7 Å². The summed E-state index contributed by atoms with van der Waals surface area (Å²) in [6.07, 6.45) is 2.38. The second-order valence-electron chi connectivity index (χ2n) is 7.15. The van der Waals surface area contributed by atoms with Crippen molar-refractivity contribution >= 4 is 44.1 Å². The third-order valence-electron chi connectivity index (χ3n) is 5.66. The van der Waals surface area contributed by atoms with E-state index in [-0.39, 0.29) is 11.8 Å². The highest BCUT2D eigenvalue weighted by molar-refractivity contribution is 7.19. The first-order chi connectivity index (χ1) is 12.3. The molecule has 6 heteroatoms. The lowest BCUT2D eigenvalue weighted by Gasteiger charge is -2.42. The van der Waals surface area contributed by atoms with E-state index in [1.54, 1.807) is 24.5 Å². The maximum Gasteiger partial charge on any atom is 0.231 e. The Balaban J connectivity index is 1.92. The zero-order chi connectivity index (χ0) is 18.6. The Morgan fingerprint density at radius 1 is 1.38 bits per heavy atom. The molecule has 1 N–H and O–H groups in total. The molecule has 1 fully saturated rings. The monoisotopic (exact) mass is 362 g/mol.